The Morgan fingerprint density at radius 1 is 1.30 bits per heavy atom. The van der Waals surface area contributed by atoms with Crippen LogP contribution in [0.4, 0.5) is 0 Å². The van der Waals surface area contributed by atoms with Gasteiger partial charge in [0.1, 0.15) is 0 Å². The SMILES string of the molecule is [2H][13C]([2H])([2H])Oc1cc2c(cc1O[13C]([2H])([2H])[2H])C1C[C@H](O)C(CC(C)C)CN1CC2. The Bertz CT molecular complexity index is 734. The van der Waals surface area contributed by atoms with Gasteiger partial charge < -0.3 is 14.6 Å². The first-order chi connectivity index (χ1) is 13.3. The molecule has 0 bridgehead atoms. The molecule has 4 nitrogen and oxygen atoms in total. The molecule has 1 N–H and O–H groups in total. The van der Waals surface area contributed by atoms with Crippen LogP contribution in [0.1, 0.15) is 52.1 Å². The quantitative estimate of drug-likeness (QED) is 0.863. The molecule has 0 saturated carbocycles. The first kappa shape index (κ1) is 10.6. The Kier molecular flexibility index (Phi) is 3.08. The molecule has 23 heavy (non-hydrogen) atoms. The van der Waals surface area contributed by atoms with E-state index in [4.69, 9.17) is 17.7 Å². The molecule has 3 atom stereocenters. The number of ether oxygens (including phenoxy) is 2. The van der Waals surface area contributed by atoms with Gasteiger partial charge in [-0.2, -0.15) is 0 Å². The van der Waals surface area contributed by atoms with Crippen molar-refractivity contribution in [2.24, 2.45) is 11.8 Å². The third-order valence-electron chi connectivity index (χ3n) is 5.15. The number of methoxy groups -OCH3 is 2. The maximum absolute atomic E-state index is 10.7. The number of hydrogen-bond donors (Lipinski definition) is 1. The van der Waals surface area contributed by atoms with Gasteiger partial charge in [-0.25, -0.2) is 0 Å². The zero-order chi connectivity index (χ0) is 21.6. The minimum Gasteiger partial charge on any atom is -0.493 e. The lowest BCUT2D eigenvalue weighted by Crippen LogP contribution is -2.48. The lowest BCUT2D eigenvalue weighted by molar-refractivity contribution is -0.0191. The molecule has 4 heteroatoms. The lowest BCUT2D eigenvalue weighted by atomic mass is 9.79. The second-order valence-corrected chi connectivity index (χ2v) is 7.16. The van der Waals surface area contributed by atoms with Crippen LogP contribution in [0.15, 0.2) is 12.1 Å². The zero-order valence-corrected chi connectivity index (χ0v) is 13.7. The molecule has 2 heterocycles. The highest BCUT2D eigenvalue weighted by Crippen LogP contribution is 2.43. The Labute approximate surface area is 147 Å². The van der Waals surface area contributed by atoms with Crippen LogP contribution < -0.4 is 9.47 Å². The average Bonchev–Trinajstić information content (AvgIpc) is 2.53. The summed E-state index contributed by atoms with van der Waals surface area (Å²) in [6.07, 6.45) is 1.77. The van der Waals surface area contributed by atoms with Crippen molar-refractivity contribution in [3.8, 4) is 11.5 Å². The predicted molar refractivity (Wildman–Crippen MR) is 91.1 cm³/mol. The van der Waals surface area contributed by atoms with Crippen LogP contribution in [-0.4, -0.2) is 43.3 Å². The summed E-state index contributed by atoms with van der Waals surface area (Å²) in [6.45, 7) is 5.88. The predicted octanol–water partition coefficient (Wildman–Crippen LogP) is 3.03. The van der Waals surface area contributed by atoms with Crippen molar-refractivity contribution < 1.29 is 22.8 Å². The third-order valence-corrected chi connectivity index (χ3v) is 5.15. The highest BCUT2D eigenvalue weighted by molar-refractivity contribution is 5.49. The number of piperidine rings is 1. The van der Waals surface area contributed by atoms with Crippen LogP contribution >= 0.6 is 0 Å². The lowest BCUT2D eigenvalue weighted by Gasteiger charge is -2.46. The largest absolute Gasteiger partial charge is 0.493 e. The normalized spacial score (nSPS) is 32.4. The zero-order valence-electron chi connectivity index (χ0n) is 19.7. The molecule has 2 aliphatic heterocycles. The average molecular weight is 327 g/mol. The van der Waals surface area contributed by atoms with Gasteiger partial charge in [0.05, 0.1) is 28.4 Å². The molecular formula is C19H29NO3. The molecular weight excluding hydrogens is 292 g/mol. The van der Waals surface area contributed by atoms with Gasteiger partial charge in [0, 0.05) is 19.1 Å². The number of rotatable bonds is 4. The van der Waals surface area contributed by atoms with E-state index in [1.165, 1.54) is 0 Å². The number of benzene rings is 1. The van der Waals surface area contributed by atoms with E-state index in [-0.39, 0.29) is 23.5 Å². The summed E-state index contributed by atoms with van der Waals surface area (Å²) in [5, 5.41) is 10.7. The fourth-order valence-corrected chi connectivity index (χ4v) is 4.10. The molecule has 1 saturated heterocycles. The summed E-state index contributed by atoms with van der Waals surface area (Å²) >= 11 is 0. The molecule has 1 aromatic rings. The number of hydrogen-bond acceptors (Lipinski definition) is 4. The number of nitrogens with zero attached hydrogens (tertiary/aromatic N) is 1. The van der Waals surface area contributed by atoms with Gasteiger partial charge in [0.15, 0.2) is 11.5 Å². The van der Waals surface area contributed by atoms with Crippen molar-refractivity contribution in [2.45, 2.75) is 45.3 Å². The smallest absolute Gasteiger partial charge is 0.161 e. The third kappa shape index (κ3) is 3.20. The summed E-state index contributed by atoms with van der Waals surface area (Å²) < 4.78 is 54.4. The first-order valence-corrected chi connectivity index (χ1v) is 8.29. The molecule has 0 aromatic heterocycles. The summed E-state index contributed by atoms with van der Waals surface area (Å²) in [5.41, 5.74) is 1.77. The molecule has 2 unspecified atom stereocenters. The fraction of sp³-hybridized carbons (Fsp3) is 0.684. The minimum absolute atomic E-state index is 0.0575. The Balaban J connectivity index is 1.94. The fourth-order valence-electron chi connectivity index (χ4n) is 4.10. The molecule has 1 aromatic carbocycles. The molecule has 3 rings (SSSR count). The van der Waals surface area contributed by atoms with Gasteiger partial charge >= 0.3 is 0 Å². The van der Waals surface area contributed by atoms with Crippen molar-refractivity contribution in [1.82, 2.24) is 4.90 Å². The highest BCUT2D eigenvalue weighted by Gasteiger charge is 2.38. The Morgan fingerprint density at radius 3 is 2.74 bits per heavy atom. The number of fused-ring (bicyclic) bond motifs is 3. The van der Waals surface area contributed by atoms with Gasteiger partial charge in [0.2, 0.25) is 0 Å². The van der Waals surface area contributed by atoms with Gasteiger partial charge in [-0.1, -0.05) is 13.8 Å². The second-order valence-electron chi connectivity index (χ2n) is 7.16. The van der Waals surface area contributed by atoms with Crippen molar-refractivity contribution in [3.63, 3.8) is 0 Å². The van der Waals surface area contributed by atoms with E-state index in [0.717, 1.165) is 30.6 Å². The maximum Gasteiger partial charge on any atom is 0.161 e. The van der Waals surface area contributed by atoms with E-state index >= 15 is 0 Å². The molecule has 1 fully saturated rings. The van der Waals surface area contributed by atoms with Crippen LogP contribution in [0.3, 0.4) is 0 Å². The standard InChI is InChI=1S/C19H29NO3/c1-12(2)7-14-11-20-6-5-13-8-18(22-3)19(23-4)9-15(13)16(20)10-17(14)21/h8-9,12,14,16-17,21H,5-7,10-11H2,1-4H3/t14?,16?,17-/m0/s1/i3+1D3,4+1D3. The van der Waals surface area contributed by atoms with E-state index < -0.39 is 20.2 Å². The Hall–Kier alpha value is -1.26. The van der Waals surface area contributed by atoms with E-state index in [9.17, 15) is 5.11 Å². The molecule has 0 spiro atoms. The maximum atomic E-state index is 10.7. The summed E-state index contributed by atoms with van der Waals surface area (Å²) in [7, 11) is -5.45. The van der Waals surface area contributed by atoms with Crippen molar-refractivity contribution in [2.75, 3.05) is 27.2 Å². The van der Waals surface area contributed by atoms with Crippen LogP contribution in [0.2, 0.25) is 0 Å². The van der Waals surface area contributed by atoms with Crippen LogP contribution in [0, 0.1) is 11.8 Å². The first-order valence-electron chi connectivity index (χ1n) is 11.3. The Morgan fingerprint density at radius 2 is 2.04 bits per heavy atom. The molecule has 0 amide bonds. The van der Waals surface area contributed by atoms with Gasteiger partial charge in [-0.3, -0.25) is 4.90 Å². The summed E-state index contributed by atoms with van der Waals surface area (Å²) in [6, 6.07) is 3.10. The van der Waals surface area contributed by atoms with Gasteiger partial charge in [0.25, 0.3) is 0 Å². The van der Waals surface area contributed by atoms with E-state index in [2.05, 4.69) is 18.7 Å². The van der Waals surface area contributed by atoms with E-state index in [0.29, 0.717) is 18.8 Å². The van der Waals surface area contributed by atoms with E-state index in [1.807, 2.05) is 0 Å². The van der Waals surface area contributed by atoms with Crippen molar-refractivity contribution >= 4 is 0 Å². The van der Waals surface area contributed by atoms with Gasteiger partial charge in [-0.05, 0) is 54.4 Å². The second kappa shape index (κ2) is 6.70. The number of aliphatic hydroxyl groups is 1. The van der Waals surface area contributed by atoms with Crippen molar-refractivity contribution in [1.29, 1.82) is 0 Å². The van der Waals surface area contributed by atoms with Gasteiger partial charge in [-0.15, -0.1) is 0 Å². The minimum atomic E-state index is -2.73. The van der Waals surface area contributed by atoms with Crippen LogP contribution in [0.5, 0.6) is 11.5 Å². The topological polar surface area (TPSA) is 41.9 Å². The number of aliphatic hydroxyl groups excluding tert-OH is 1. The molecule has 128 valence electrons. The van der Waals surface area contributed by atoms with E-state index in [1.54, 1.807) is 12.1 Å². The highest BCUT2D eigenvalue weighted by atomic mass is 16.6. The summed E-state index contributed by atoms with van der Waals surface area (Å²) in [5.74, 6) is 0.508. The summed E-state index contributed by atoms with van der Waals surface area (Å²) in [4.78, 5) is 2.32. The molecule has 2 aliphatic rings. The van der Waals surface area contributed by atoms with Crippen molar-refractivity contribution in [3.05, 3.63) is 23.3 Å². The van der Waals surface area contributed by atoms with Crippen LogP contribution in [0.25, 0.3) is 0 Å². The van der Waals surface area contributed by atoms with Crippen LogP contribution in [-0.2, 0) is 6.42 Å². The monoisotopic (exact) mass is 327 g/mol. The molecule has 0 aliphatic carbocycles. The molecule has 0 radical (unpaired) electrons.